The van der Waals surface area contributed by atoms with Gasteiger partial charge in [0.1, 0.15) is 0 Å². The van der Waals surface area contributed by atoms with Crippen molar-refractivity contribution < 1.29 is 57.5 Å². The number of hydrogen-bond donors (Lipinski definition) is 0. The Bertz CT molecular complexity index is 242. The number of carbonyl (C=O) groups excluding carboxylic acids is 2. The van der Waals surface area contributed by atoms with Crippen molar-refractivity contribution in [2.45, 2.75) is 41.5 Å². The smallest absolute Gasteiger partial charge is 0.550 e. The molecular formula is C12H22Li2O4. The van der Waals surface area contributed by atoms with Crippen LogP contribution in [0.25, 0.3) is 0 Å². The van der Waals surface area contributed by atoms with Crippen molar-refractivity contribution >= 4 is 11.9 Å². The van der Waals surface area contributed by atoms with Crippen LogP contribution < -0.4 is 47.9 Å². The molecule has 0 bridgehead atoms. The summed E-state index contributed by atoms with van der Waals surface area (Å²) in [5.41, 5.74) is 0. The van der Waals surface area contributed by atoms with Crippen LogP contribution in [0.1, 0.15) is 41.5 Å². The minimum Gasteiger partial charge on any atom is -0.550 e. The molecule has 0 rings (SSSR count). The van der Waals surface area contributed by atoms with E-state index in [0.29, 0.717) is 0 Å². The van der Waals surface area contributed by atoms with Crippen LogP contribution in [0.3, 0.4) is 0 Å². The molecule has 0 aromatic rings. The van der Waals surface area contributed by atoms with Gasteiger partial charge in [-0.3, -0.25) is 0 Å². The monoisotopic (exact) mass is 244 g/mol. The van der Waals surface area contributed by atoms with Crippen molar-refractivity contribution in [3.05, 3.63) is 12.2 Å². The Balaban J connectivity index is -0.000000141. The molecule has 6 heteroatoms. The third-order valence-electron chi connectivity index (χ3n) is 2.07. The van der Waals surface area contributed by atoms with Gasteiger partial charge in [-0.1, -0.05) is 40.9 Å². The Labute approximate surface area is 135 Å². The van der Waals surface area contributed by atoms with Gasteiger partial charge < -0.3 is 19.8 Å². The molecule has 0 N–H and O–H groups in total. The van der Waals surface area contributed by atoms with E-state index in [1.807, 2.05) is 6.92 Å². The Morgan fingerprint density at radius 2 is 1.50 bits per heavy atom. The van der Waals surface area contributed by atoms with E-state index in [1.54, 1.807) is 12.2 Å². The minimum absolute atomic E-state index is 0. The van der Waals surface area contributed by atoms with Crippen LogP contribution in [0.5, 0.6) is 0 Å². The number of allylic oxidation sites excluding steroid dienone is 2. The van der Waals surface area contributed by atoms with Crippen LogP contribution in [0.2, 0.25) is 0 Å². The molecule has 2 atom stereocenters. The van der Waals surface area contributed by atoms with Crippen LogP contribution in [0, 0.1) is 11.8 Å². The first-order valence-electron chi connectivity index (χ1n) is 4.57. The van der Waals surface area contributed by atoms with Crippen LogP contribution in [-0.2, 0) is 9.59 Å². The van der Waals surface area contributed by atoms with Gasteiger partial charge in [-0.05, 0) is 12.8 Å². The Hall–Kier alpha value is -0.125. The molecule has 0 aliphatic heterocycles. The maximum atomic E-state index is 10.6. The van der Waals surface area contributed by atoms with Crippen molar-refractivity contribution in [3.63, 3.8) is 0 Å². The van der Waals surface area contributed by atoms with Gasteiger partial charge in [-0.2, -0.15) is 0 Å². The summed E-state index contributed by atoms with van der Waals surface area (Å²) >= 11 is 0. The average molecular weight is 244 g/mol. The number of carboxylic acid groups (broad SMARTS) is 2. The summed E-state index contributed by atoms with van der Waals surface area (Å²) in [6.07, 6.45) is 4.41. The van der Waals surface area contributed by atoms with E-state index in [2.05, 4.69) is 0 Å². The predicted octanol–water partition coefficient (Wildman–Crippen LogP) is -5.62. The largest absolute Gasteiger partial charge is 1.00 e. The van der Waals surface area contributed by atoms with Gasteiger partial charge >= 0.3 is 37.7 Å². The third kappa shape index (κ3) is 12.3. The molecule has 96 valence electrons. The molecule has 0 heterocycles. The fraction of sp³-hybridized carbons (Fsp3) is 0.667. The zero-order valence-electron chi connectivity index (χ0n) is 10.4. The molecule has 0 saturated heterocycles. The molecule has 0 spiro atoms. The Morgan fingerprint density at radius 3 is 1.78 bits per heavy atom. The minimum atomic E-state index is -1.36. The molecule has 0 radical (unpaired) electrons. The van der Waals surface area contributed by atoms with Gasteiger partial charge in [0.2, 0.25) is 0 Å². The summed E-state index contributed by atoms with van der Waals surface area (Å²) in [6, 6.07) is 0. The van der Waals surface area contributed by atoms with E-state index in [9.17, 15) is 19.8 Å². The van der Waals surface area contributed by atoms with Gasteiger partial charge in [0.05, 0.1) is 0 Å². The molecule has 0 amide bonds. The first-order chi connectivity index (χ1) is 6.50. The SMILES string of the molecule is C.C.CCC=CCC(C(=O)[O-])C(C)C(=O)[O-].[Li+].[Li+]. The van der Waals surface area contributed by atoms with Crippen molar-refractivity contribution in [2.24, 2.45) is 11.8 Å². The zero-order chi connectivity index (χ0) is 11.1. The van der Waals surface area contributed by atoms with Gasteiger partial charge in [0.25, 0.3) is 0 Å². The van der Waals surface area contributed by atoms with E-state index in [0.717, 1.165) is 6.42 Å². The standard InChI is InChI=1S/C10H16O4.2CH4.2Li/c1-3-4-5-6-8(10(13)14)7(2)9(11)12;;;;/h4-5,7-8H,3,6H2,1-2H3,(H,11,12)(H,13,14);2*1H4;;/q;;;2*+1/p-2. The van der Waals surface area contributed by atoms with Crippen molar-refractivity contribution in [1.29, 1.82) is 0 Å². The molecule has 0 saturated carbocycles. The Morgan fingerprint density at radius 1 is 1.06 bits per heavy atom. The van der Waals surface area contributed by atoms with Gasteiger partial charge in [-0.15, -0.1) is 0 Å². The van der Waals surface area contributed by atoms with E-state index >= 15 is 0 Å². The predicted molar refractivity (Wildman–Crippen MR) is 60.2 cm³/mol. The fourth-order valence-corrected chi connectivity index (χ4v) is 1.08. The Kier molecular flexibility index (Phi) is 28.8. The molecule has 4 nitrogen and oxygen atoms in total. The normalized spacial score (nSPS) is 11.9. The first-order valence-corrected chi connectivity index (χ1v) is 4.57. The second kappa shape index (κ2) is 16.9. The molecule has 2 unspecified atom stereocenters. The van der Waals surface area contributed by atoms with Crippen molar-refractivity contribution in [2.75, 3.05) is 0 Å². The van der Waals surface area contributed by atoms with E-state index in [4.69, 9.17) is 0 Å². The average Bonchev–Trinajstić information content (AvgIpc) is 2.10. The van der Waals surface area contributed by atoms with E-state index in [1.165, 1.54) is 6.92 Å². The summed E-state index contributed by atoms with van der Waals surface area (Å²) in [5.74, 6) is -4.74. The van der Waals surface area contributed by atoms with Crippen LogP contribution >= 0.6 is 0 Å². The van der Waals surface area contributed by atoms with Crippen molar-refractivity contribution in [1.82, 2.24) is 0 Å². The summed E-state index contributed by atoms with van der Waals surface area (Å²) in [7, 11) is 0. The second-order valence-electron chi connectivity index (χ2n) is 3.15. The number of carbonyl (C=O) groups is 2. The van der Waals surface area contributed by atoms with Crippen molar-refractivity contribution in [3.8, 4) is 0 Å². The molecule has 0 aromatic carbocycles. The molecular weight excluding hydrogens is 222 g/mol. The second-order valence-corrected chi connectivity index (χ2v) is 3.15. The topological polar surface area (TPSA) is 80.3 Å². The number of aliphatic carboxylic acids is 2. The third-order valence-corrected chi connectivity index (χ3v) is 2.07. The number of carboxylic acids is 2. The molecule has 0 aromatic heterocycles. The maximum absolute atomic E-state index is 10.6. The van der Waals surface area contributed by atoms with E-state index in [-0.39, 0.29) is 59.0 Å². The fourth-order valence-electron chi connectivity index (χ4n) is 1.08. The summed E-state index contributed by atoms with van der Waals surface area (Å²) < 4.78 is 0. The van der Waals surface area contributed by atoms with Crippen LogP contribution in [-0.4, -0.2) is 11.9 Å². The summed E-state index contributed by atoms with van der Waals surface area (Å²) in [5, 5.41) is 21.1. The molecule has 0 aliphatic carbocycles. The van der Waals surface area contributed by atoms with Gasteiger partial charge in [0.15, 0.2) is 0 Å². The first kappa shape index (κ1) is 30.7. The summed E-state index contributed by atoms with van der Waals surface area (Å²) in [4.78, 5) is 21.1. The van der Waals surface area contributed by atoms with Gasteiger partial charge in [0, 0.05) is 23.8 Å². The zero-order valence-corrected chi connectivity index (χ0v) is 10.4. The maximum Gasteiger partial charge on any atom is 1.00 e. The van der Waals surface area contributed by atoms with Crippen LogP contribution in [0.15, 0.2) is 12.2 Å². The molecule has 0 fully saturated rings. The van der Waals surface area contributed by atoms with Crippen LogP contribution in [0.4, 0.5) is 0 Å². The quantitative estimate of drug-likeness (QED) is 0.344. The molecule has 18 heavy (non-hydrogen) atoms. The number of hydrogen-bond acceptors (Lipinski definition) is 4. The van der Waals surface area contributed by atoms with Gasteiger partial charge in [-0.25, -0.2) is 0 Å². The van der Waals surface area contributed by atoms with E-state index < -0.39 is 23.8 Å². The summed E-state index contributed by atoms with van der Waals surface area (Å²) in [6.45, 7) is 3.22. The number of rotatable bonds is 6. The molecule has 0 aliphatic rings.